The Morgan fingerprint density at radius 2 is 1.83 bits per heavy atom. The molecule has 4 nitrogen and oxygen atoms in total. The van der Waals surface area contributed by atoms with Crippen LogP contribution in [-0.4, -0.2) is 44.3 Å². The van der Waals surface area contributed by atoms with Crippen LogP contribution >= 0.6 is 11.6 Å². The van der Waals surface area contributed by atoms with Crippen LogP contribution in [0.5, 0.6) is 0 Å². The van der Waals surface area contributed by atoms with E-state index in [0.717, 1.165) is 11.6 Å². The third-order valence-electron chi connectivity index (χ3n) is 4.22. The quantitative estimate of drug-likeness (QED) is 0.835. The Morgan fingerprint density at radius 3 is 2.50 bits per heavy atom. The van der Waals surface area contributed by atoms with Gasteiger partial charge in [0.05, 0.1) is 16.0 Å². The van der Waals surface area contributed by atoms with Gasteiger partial charge in [-0.15, -0.1) is 0 Å². The molecule has 7 heteroatoms. The van der Waals surface area contributed by atoms with Gasteiger partial charge in [0.25, 0.3) is 0 Å². The lowest BCUT2D eigenvalue weighted by Gasteiger charge is -2.39. The number of benzene rings is 2. The van der Waals surface area contributed by atoms with Crippen molar-refractivity contribution in [3.8, 4) is 0 Å². The number of halogens is 2. The molecule has 1 aliphatic rings. The van der Waals surface area contributed by atoms with Gasteiger partial charge in [0.2, 0.25) is 10.0 Å². The molecule has 0 unspecified atom stereocenters. The summed E-state index contributed by atoms with van der Waals surface area (Å²) in [5.41, 5.74) is 0.931. The summed E-state index contributed by atoms with van der Waals surface area (Å²) in [7, 11) is -1.80. The average Bonchev–Trinajstić information content (AvgIpc) is 2.57. The predicted molar refractivity (Wildman–Crippen MR) is 92.0 cm³/mol. The van der Waals surface area contributed by atoms with Crippen molar-refractivity contribution < 1.29 is 12.8 Å². The van der Waals surface area contributed by atoms with Crippen molar-refractivity contribution in [3.05, 3.63) is 64.9 Å². The molecule has 0 saturated carbocycles. The molecule has 0 spiro atoms. The number of nitrogens with zero attached hydrogens (tertiary/aromatic N) is 2. The minimum Gasteiger partial charge on any atom is -0.303 e. The lowest BCUT2D eigenvalue weighted by molar-refractivity contribution is 0.160. The van der Waals surface area contributed by atoms with Gasteiger partial charge in [-0.1, -0.05) is 41.9 Å². The van der Waals surface area contributed by atoms with Gasteiger partial charge >= 0.3 is 0 Å². The van der Waals surface area contributed by atoms with E-state index >= 15 is 0 Å². The highest BCUT2D eigenvalue weighted by atomic mass is 35.5. The minimum atomic E-state index is -3.77. The molecule has 128 valence electrons. The third kappa shape index (κ3) is 3.32. The van der Waals surface area contributed by atoms with E-state index in [1.54, 1.807) is 0 Å². The molecular weight excluding hydrogens is 351 g/mol. The van der Waals surface area contributed by atoms with Crippen LogP contribution in [0, 0.1) is 5.82 Å². The largest absolute Gasteiger partial charge is 0.303 e. The van der Waals surface area contributed by atoms with Crippen LogP contribution in [0.2, 0.25) is 5.02 Å². The summed E-state index contributed by atoms with van der Waals surface area (Å²) in [5.74, 6) is -0.631. The molecule has 0 aliphatic carbocycles. The predicted octanol–water partition coefficient (Wildman–Crippen LogP) is 3.16. The molecule has 0 radical (unpaired) electrons. The minimum absolute atomic E-state index is 0.0133. The Balaban J connectivity index is 2.02. The Morgan fingerprint density at radius 1 is 1.12 bits per heavy atom. The van der Waals surface area contributed by atoms with Gasteiger partial charge in [-0.3, -0.25) is 0 Å². The van der Waals surface area contributed by atoms with Crippen molar-refractivity contribution in [2.24, 2.45) is 0 Å². The van der Waals surface area contributed by atoms with Crippen molar-refractivity contribution in [2.75, 3.05) is 26.7 Å². The molecule has 0 amide bonds. The summed E-state index contributed by atoms with van der Waals surface area (Å²) in [6.07, 6.45) is 0. The fourth-order valence-corrected chi connectivity index (χ4v) is 4.78. The molecular formula is C17H18ClFN2O2S. The van der Waals surface area contributed by atoms with Gasteiger partial charge in [0, 0.05) is 19.6 Å². The average molecular weight is 369 g/mol. The molecule has 24 heavy (non-hydrogen) atoms. The summed E-state index contributed by atoms with van der Waals surface area (Å²) in [6.45, 7) is 1.60. The first-order valence-electron chi connectivity index (χ1n) is 7.60. The molecule has 2 aromatic rings. The van der Waals surface area contributed by atoms with Crippen molar-refractivity contribution in [2.45, 2.75) is 10.9 Å². The molecule has 1 heterocycles. The lowest BCUT2D eigenvalue weighted by atomic mass is 10.1. The van der Waals surface area contributed by atoms with Crippen molar-refractivity contribution in [3.63, 3.8) is 0 Å². The van der Waals surface area contributed by atoms with Crippen LogP contribution in [-0.2, 0) is 10.0 Å². The van der Waals surface area contributed by atoms with E-state index in [0.29, 0.717) is 19.6 Å². The van der Waals surface area contributed by atoms with Crippen molar-refractivity contribution in [1.82, 2.24) is 9.21 Å². The van der Waals surface area contributed by atoms with E-state index in [4.69, 9.17) is 11.6 Å². The topological polar surface area (TPSA) is 40.6 Å². The van der Waals surface area contributed by atoms with Gasteiger partial charge < -0.3 is 4.90 Å². The Hall–Kier alpha value is -1.47. The second kappa shape index (κ2) is 6.80. The van der Waals surface area contributed by atoms with Gasteiger partial charge in [-0.05, 0) is 30.8 Å². The van der Waals surface area contributed by atoms with E-state index in [9.17, 15) is 12.8 Å². The number of sulfonamides is 1. The Labute approximate surface area is 146 Å². The second-order valence-electron chi connectivity index (χ2n) is 5.88. The molecule has 0 bridgehead atoms. The van der Waals surface area contributed by atoms with Crippen LogP contribution in [0.4, 0.5) is 4.39 Å². The van der Waals surface area contributed by atoms with Crippen molar-refractivity contribution in [1.29, 1.82) is 0 Å². The second-order valence-corrected chi connectivity index (χ2v) is 8.18. The van der Waals surface area contributed by atoms with E-state index in [1.807, 2.05) is 37.4 Å². The first-order chi connectivity index (χ1) is 11.4. The summed E-state index contributed by atoms with van der Waals surface area (Å²) in [6, 6.07) is 12.8. The molecule has 2 aromatic carbocycles. The Kier molecular flexibility index (Phi) is 4.92. The number of piperazine rings is 1. The van der Waals surface area contributed by atoms with Gasteiger partial charge in [-0.2, -0.15) is 4.31 Å². The highest BCUT2D eigenvalue weighted by Gasteiger charge is 2.36. The molecule has 0 N–H and O–H groups in total. The fraction of sp³-hybridized carbons (Fsp3) is 0.294. The van der Waals surface area contributed by atoms with Gasteiger partial charge in [0.15, 0.2) is 0 Å². The van der Waals surface area contributed by atoms with Crippen LogP contribution in [0.25, 0.3) is 0 Å². The molecule has 1 aliphatic heterocycles. The first kappa shape index (κ1) is 17.4. The van der Waals surface area contributed by atoms with E-state index < -0.39 is 15.8 Å². The maximum Gasteiger partial charge on any atom is 0.243 e. The Bertz CT molecular complexity index is 830. The van der Waals surface area contributed by atoms with E-state index in [-0.39, 0.29) is 16.0 Å². The molecule has 0 aromatic heterocycles. The number of rotatable bonds is 3. The van der Waals surface area contributed by atoms with Gasteiger partial charge in [-0.25, -0.2) is 12.8 Å². The van der Waals surface area contributed by atoms with Crippen LogP contribution in [0.3, 0.4) is 0 Å². The van der Waals surface area contributed by atoms with Crippen LogP contribution < -0.4 is 0 Å². The highest BCUT2D eigenvalue weighted by molar-refractivity contribution is 7.89. The van der Waals surface area contributed by atoms with Crippen molar-refractivity contribution >= 4 is 21.6 Å². The smallest absolute Gasteiger partial charge is 0.243 e. The van der Waals surface area contributed by atoms with Crippen LogP contribution in [0.1, 0.15) is 11.6 Å². The zero-order chi connectivity index (χ0) is 17.3. The van der Waals surface area contributed by atoms with E-state index in [2.05, 4.69) is 4.90 Å². The number of hydrogen-bond acceptors (Lipinski definition) is 3. The van der Waals surface area contributed by atoms with E-state index in [1.165, 1.54) is 16.4 Å². The summed E-state index contributed by atoms with van der Waals surface area (Å²) in [5, 5.41) is -0.193. The molecule has 1 saturated heterocycles. The molecule has 1 atom stereocenters. The summed E-state index contributed by atoms with van der Waals surface area (Å²) in [4.78, 5) is 2.11. The maximum absolute atomic E-state index is 13.4. The summed E-state index contributed by atoms with van der Waals surface area (Å²) >= 11 is 5.77. The SMILES string of the molecule is CN1CCN(S(=O)(=O)c2ccc(F)c(Cl)c2)[C@H](c2ccccc2)C1. The van der Waals surface area contributed by atoms with Crippen LogP contribution in [0.15, 0.2) is 53.4 Å². The lowest BCUT2D eigenvalue weighted by Crippen LogP contribution is -2.49. The number of hydrogen-bond donors (Lipinski definition) is 0. The normalized spacial score (nSPS) is 20.2. The molecule has 1 fully saturated rings. The molecule has 3 rings (SSSR count). The highest BCUT2D eigenvalue weighted by Crippen LogP contribution is 2.31. The summed E-state index contributed by atoms with van der Waals surface area (Å²) < 4.78 is 41.0. The fourth-order valence-electron chi connectivity index (χ4n) is 2.91. The zero-order valence-electron chi connectivity index (χ0n) is 13.2. The standard InChI is InChI=1S/C17H18ClFN2O2S/c1-20-9-10-21(17(12-20)13-5-3-2-4-6-13)24(22,23)14-7-8-16(19)15(18)11-14/h2-8,11,17H,9-10,12H2,1H3/t17-/m0/s1. The maximum atomic E-state index is 13.4. The third-order valence-corrected chi connectivity index (χ3v) is 6.41. The first-order valence-corrected chi connectivity index (χ1v) is 9.42. The number of likely N-dealkylation sites (N-methyl/N-ethyl adjacent to an activating group) is 1. The van der Waals surface area contributed by atoms with Gasteiger partial charge in [0.1, 0.15) is 5.82 Å². The monoisotopic (exact) mass is 368 g/mol. The zero-order valence-corrected chi connectivity index (χ0v) is 14.8.